The summed E-state index contributed by atoms with van der Waals surface area (Å²) in [5.74, 6) is -2.77. The molecule has 1 unspecified atom stereocenters. The van der Waals surface area contributed by atoms with Crippen molar-refractivity contribution in [3.63, 3.8) is 0 Å². The van der Waals surface area contributed by atoms with E-state index in [4.69, 9.17) is 11.6 Å². The second-order valence-corrected chi connectivity index (χ2v) is 8.70. The van der Waals surface area contributed by atoms with E-state index in [1.807, 2.05) is 37.2 Å². The van der Waals surface area contributed by atoms with E-state index in [1.54, 1.807) is 6.07 Å². The summed E-state index contributed by atoms with van der Waals surface area (Å²) in [5, 5.41) is 3.33. The molecule has 2 N–H and O–H groups in total. The van der Waals surface area contributed by atoms with E-state index in [2.05, 4.69) is 10.0 Å². The van der Waals surface area contributed by atoms with Gasteiger partial charge in [0.1, 0.15) is 0 Å². The normalized spacial score (nSPS) is 12.8. The van der Waals surface area contributed by atoms with Crippen LogP contribution in [0.2, 0.25) is 5.02 Å². The molecule has 2 aromatic carbocycles. The summed E-state index contributed by atoms with van der Waals surface area (Å²) >= 11 is 6.23. The molecule has 0 heterocycles. The van der Waals surface area contributed by atoms with Gasteiger partial charge in [0.05, 0.1) is 10.9 Å². The molecule has 0 bridgehead atoms. The third-order valence-electron chi connectivity index (χ3n) is 4.23. The predicted molar refractivity (Wildman–Crippen MR) is 107 cm³/mol. The van der Waals surface area contributed by atoms with Crippen LogP contribution in [0.4, 0.5) is 8.78 Å². The van der Waals surface area contributed by atoms with Crippen molar-refractivity contribution in [3.8, 4) is 0 Å². The molecule has 0 saturated heterocycles. The molecule has 2 rings (SSSR count). The number of amides is 1. The number of nitrogens with zero attached hydrogens (tertiary/aromatic N) is 1. The van der Waals surface area contributed by atoms with E-state index in [-0.39, 0.29) is 31.5 Å². The molecule has 158 valence electrons. The van der Waals surface area contributed by atoms with Crippen LogP contribution >= 0.6 is 11.6 Å². The fraction of sp³-hybridized carbons (Fsp3) is 0.316. The smallest absolute Gasteiger partial charge is 0.240 e. The van der Waals surface area contributed by atoms with Crippen molar-refractivity contribution in [2.45, 2.75) is 17.4 Å². The van der Waals surface area contributed by atoms with Crippen LogP contribution in [0.5, 0.6) is 0 Å². The average Bonchev–Trinajstić information content (AvgIpc) is 2.65. The van der Waals surface area contributed by atoms with Gasteiger partial charge in [-0.3, -0.25) is 4.79 Å². The minimum absolute atomic E-state index is 0.119. The molecule has 0 fully saturated rings. The summed E-state index contributed by atoms with van der Waals surface area (Å²) < 4.78 is 52.6. The Labute approximate surface area is 173 Å². The van der Waals surface area contributed by atoms with Crippen molar-refractivity contribution in [3.05, 3.63) is 64.7 Å². The van der Waals surface area contributed by atoms with E-state index >= 15 is 0 Å². The van der Waals surface area contributed by atoms with Crippen LogP contribution in [0.25, 0.3) is 0 Å². The van der Waals surface area contributed by atoms with Crippen LogP contribution in [0, 0.1) is 11.6 Å². The first kappa shape index (κ1) is 23.2. The van der Waals surface area contributed by atoms with Crippen molar-refractivity contribution < 1.29 is 22.0 Å². The predicted octanol–water partition coefficient (Wildman–Crippen LogP) is 2.71. The number of carbonyl (C=O) groups excluding carboxylic acids is 1. The number of hydrogen-bond acceptors (Lipinski definition) is 4. The maximum Gasteiger partial charge on any atom is 0.240 e. The molecular weight excluding hydrogens is 424 g/mol. The van der Waals surface area contributed by atoms with Gasteiger partial charge in [0, 0.05) is 24.5 Å². The zero-order chi connectivity index (χ0) is 21.6. The lowest BCUT2D eigenvalue weighted by atomic mass is 10.1. The second-order valence-electron chi connectivity index (χ2n) is 6.53. The molecule has 0 saturated carbocycles. The SMILES string of the molecule is CN(C)C(CNC(=O)CCNS(=O)(=O)c1ccc(F)c(F)c1)c1ccccc1Cl. The average molecular weight is 446 g/mol. The van der Waals surface area contributed by atoms with Crippen LogP contribution in [0.1, 0.15) is 18.0 Å². The van der Waals surface area contributed by atoms with E-state index in [0.717, 1.165) is 17.7 Å². The number of likely N-dealkylation sites (N-methyl/N-ethyl adjacent to an activating group) is 1. The Morgan fingerprint density at radius 1 is 1.14 bits per heavy atom. The highest BCUT2D eigenvalue weighted by Crippen LogP contribution is 2.25. The number of halogens is 3. The first-order chi connectivity index (χ1) is 13.6. The first-order valence-electron chi connectivity index (χ1n) is 8.74. The molecule has 1 atom stereocenters. The molecule has 0 aliphatic carbocycles. The topological polar surface area (TPSA) is 78.5 Å². The summed E-state index contributed by atoms with van der Waals surface area (Å²) in [6, 6.07) is 9.41. The van der Waals surface area contributed by atoms with Crippen molar-refractivity contribution in [1.82, 2.24) is 14.9 Å². The summed E-state index contributed by atoms with van der Waals surface area (Å²) in [4.78, 5) is 13.6. The molecule has 29 heavy (non-hydrogen) atoms. The van der Waals surface area contributed by atoms with Gasteiger partial charge in [-0.25, -0.2) is 21.9 Å². The highest BCUT2D eigenvalue weighted by molar-refractivity contribution is 7.89. The largest absolute Gasteiger partial charge is 0.354 e. The minimum Gasteiger partial charge on any atom is -0.354 e. The van der Waals surface area contributed by atoms with E-state index in [1.165, 1.54) is 0 Å². The van der Waals surface area contributed by atoms with Gasteiger partial charge < -0.3 is 10.2 Å². The maximum absolute atomic E-state index is 13.2. The fourth-order valence-corrected chi connectivity index (χ4v) is 3.95. The first-order valence-corrected chi connectivity index (χ1v) is 10.6. The van der Waals surface area contributed by atoms with Gasteiger partial charge in [-0.2, -0.15) is 0 Å². The van der Waals surface area contributed by atoms with Crippen molar-refractivity contribution in [1.29, 1.82) is 0 Å². The number of nitrogens with one attached hydrogen (secondary N) is 2. The molecule has 0 radical (unpaired) electrons. The van der Waals surface area contributed by atoms with Gasteiger partial charge >= 0.3 is 0 Å². The number of sulfonamides is 1. The lowest BCUT2D eigenvalue weighted by Crippen LogP contribution is -2.36. The minimum atomic E-state index is -4.05. The van der Waals surface area contributed by atoms with Crippen LogP contribution in [-0.4, -0.2) is 46.4 Å². The third kappa shape index (κ3) is 6.46. The van der Waals surface area contributed by atoms with Gasteiger partial charge in [-0.05, 0) is 43.9 Å². The van der Waals surface area contributed by atoms with Crippen LogP contribution in [-0.2, 0) is 14.8 Å². The molecule has 0 spiro atoms. The zero-order valence-corrected chi connectivity index (χ0v) is 17.5. The molecular formula is C19H22ClF2N3O3S. The van der Waals surface area contributed by atoms with Crippen molar-refractivity contribution in [2.75, 3.05) is 27.2 Å². The monoisotopic (exact) mass is 445 g/mol. The van der Waals surface area contributed by atoms with Gasteiger partial charge in [0.25, 0.3) is 0 Å². The highest BCUT2D eigenvalue weighted by Gasteiger charge is 2.19. The summed E-state index contributed by atoms with van der Waals surface area (Å²) in [5.41, 5.74) is 0.860. The van der Waals surface area contributed by atoms with Crippen LogP contribution < -0.4 is 10.0 Å². The molecule has 1 amide bonds. The van der Waals surface area contributed by atoms with E-state index in [9.17, 15) is 22.0 Å². The van der Waals surface area contributed by atoms with Crippen LogP contribution in [0.15, 0.2) is 47.4 Å². The Balaban J connectivity index is 1.89. The number of benzene rings is 2. The molecule has 6 nitrogen and oxygen atoms in total. The third-order valence-corrected chi connectivity index (χ3v) is 6.03. The molecule has 0 aromatic heterocycles. The lowest BCUT2D eigenvalue weighted by molar-refractivity contribution is -0.121. The fourth-order valence-electron chi connectivity index (χ4n) is 2.64. The summed E-state index contributed by atoms with van der Waals surface area (Å²) in [7, 11) is -0.336. The van der Waals surface area contributed by atoms with Crippen LogP contribution in [0.3, 0.4) is 0 Å². The standard InChI is InChI=1S/C19H22ClF2N3O3S/c1-25(2)18(14-5-3-4-6-15(14)20)12-23-19(26)9-10-24-29(27,28)13-7-8-16(21)17(22)11-13/h3-8,11,18,24H,9-10,12H2,1-2H3,(H,23,26). The van der Waals surface area contributed by atoms with E-state index < -0.39 is 26.6 Å². The van der Waals surface area contributed by atoms with Gasteiger partial charge in [0.2, 0.25) is 15.9 Å². The summed E-state index contributed by atoms with van der Waals surface area (Å²) in [6.45, 7) is 0.0946. The Bertz CT molecular complexity index is 971. The molecule has 0 aliphatic heterocycles. The molecule has 10 heteroatoms. The van der Waals surface area contributed by atoms with E-state index in [0.29, 0.717) is 11.1 Å². The zero-order valence-electron chi connectivity index (χ0n) is 16.0. The Morgan fingerprint density at radius 2 is 1.83 bits per heavy atom. The quantitative estimate of drug-likeness (QED) is 0.622. The molecule has 2 aromatic rings. The van der Waals surface area contributed by atoms with Gasteiger partial charge in [-0.1, -0.05) is 29.8 Å². The Hall–Kier alpha value is -2.07. The highest BCUT2D eigenvalue weighted by atomic mass is 35.5. The number of carbonyl (C=O) groups is 1. The number of hydrogen-bond donors (Lipinski definition) is 2. The Morgan fingerprint density at radius 3 is 2.45 bits per heavy atom. The second kappa shape index (κ2) is 10.1. The molecule has 0 aliphatic rings. The summed E-state index contributed by atoms with van der Waals surface area (Å²) in [6.07, 6.45) is -0.119. The Kier molecular flexibility index (Phi) is 8.09. The van der Waals surface area contributed by atoms with Crippen molar-refractivity contribution >= 4 is 27.5 Å². The van der Waals surface area contributed by atoms with Crippen molar-refractivity contribution in [2.24, 2.45) is 0 Å². The van der Waals surface area contributed by atoms with Gasteiger partial charge in [-0.15, -0.1) is 0 Å². The maximum atomic E-state index is 13.2. The van der Waals surface area contributed by atoms with Gasteiger partial charge in [0.15, 0.2) is 11.6 Å². The number of rotatable bonds is 9. The lowest BCUT2D eigenvalue weighted by Gasteiger charge is -2.26.